The Kier molecular flexibility index (Phi) is 5.78. The van der Waals surface area contributed by atoms with E-state index in [0.717, 1.165) is 4.46 Å². The number of hydrogen-bond donors (Lipinski definition) is 3. The Morgan fingerprint density at radius 2 is 2.04 bits per heavy atom. The van der Waals surface area contributed by atoms with Crippen LogP contribution in [0.1, 0.15) is 18.2 Å². The van der Waals surface area contributed by atoms with E-state index in [4.69, 9.17) is 21.4 Å². The topological polar surface area (TPSA) is 105 Å². The summed E-state index contributed by atoms with van der Waals surface area (Å²) < 4.78 is 7.85. The van der Waals surface area contributed by atoms with Crippen molar-refractivity contribution in [2.24, 2.45) is 0 Å². The summed E-state index contributed by atoms with van der Waals surface area (Å²) in [5, 5.41) is 20.1. The fourth-order valence-corrected chi connectivity index (χ4v) is 4.51. The van der Waals surface area contributed by atoms with Gasteiger partial charge in [0.25, 0.3) is 0 Å². The van der Waals surface area contributed by atoms with Crippen molar-refractivity contribution in [1.29, 1.82) is 0 Å². The fourth-order valence-electron chi connectivity index (χ4n) is 2.59. The van der Waals surface area contributed by atoms with Crippen molar-refractivity contribution in [1.82, 2.24) is 9.55 Å². The van der Waals surface area contributed by atoms with Gasteiger partial charge in [-0.1, -0.05) is 0 Å². The first kappa shape index (κ1) is 18.4. The number of nitrogens with one attached hydrogen (secondary N) is 1. The van der Waals surface area contributed by atoms with Crippen LogP contribution in [0.3, 0.4) is 0 Å². The summed E-state index contributed by atoms with van der Waals surface area (Å²) in [6.07, 6.45) is -0.631. The zero-order valence-electron chi connectivity index (χ0n) is 13.1. The van der Waals surface area contributed by atoms with Gasteiger partial charge in [-0.25, -0.2) is 0 Å². The van der Waals surface area contributed by atoms with E-state index >= 15 is 0 Å². The normalized spacial score (nSPS) is 23.1. The molecule has 0 radical (unpaired) electrons. The molecular formula is C16H17ClN2O5Se. The van der Waals surface area contributed by atoms with Crippen LogP contribution in [0, 0.1) is 0 Å². The summed E-state index contributed by atoms with van der Waals surface area (Å²) in [6, 6.07) is 7.42. The zero-order valence-corrected chi connectivity index (χ0v) is 15.6. The first-order valence-corrected chi connectivity index (χ1v) is 10.1. The van der Waals surface area contributed by atoms with E-state index in [2.05, 4.69) is 4.98 Å². The second kappa shape index (κ2) is 7.86. The van der Waals surface area contributed by atoms with Crippen molar-refractivity contribution in [3.8, 4) is 0 Å². The van der Waals surface area contributed by atoms with E-state index in [0.29, 0.717) is 15.9 Å². The summed E-state index contributed by atoms with van der Waals surface area (Å²) in [4.78, 5) is 26.4. The molecule has 1 aromatic heterocycles. The number of aromatic nitrogens is 2. The standard InChI is InChI=1S/C16H17ClN2O5Se/c17-10-1-3-11(4-2-10)25-8-9-6-19(16(23)18-15(9)22)14-5-12(21)13(7-20)24-14/h1-4,6,12-14,20-21H,5,7-8H2,(H,18,22,23)/t12?,13-,14-/m1/s1. The van der Waals surface area contributed by atoms with E-state index in [1.165, 1.54) is 10.8 Å². The molecular weight excluding hydrogens is 415 g/mol. The predicted octanol–water partition coefficient (Wildman–Crippen LogP) is -0.640. The number of aliphatic hydroxyl groups is 2. The van der Waals surface area contributed by atoms with Crippen molar-refractivity contribution in [2.75, 3.05) is 6.61 Å². The number of rotatable bonds is 5. The third-order valence-corrected chi connectivity index (χ3v) is 6.42. The molecule has 0 amide bonds. The predicted molar refractivity (Wildman–Crippen MR) is 93.5 cm³/mol. The van der Waals surface area contributed by atoms with Crippen LogP contribution in [0.2, 0.25) is 5.02 Å². The van der Waals surface area contributed by atoms with E-state index < -0.39 is 29.7 Å². The van der Waals surface area contributed by atoms with Crippen molar-refractivity contribution in [3.05, 3.63) is 61.9 Å². The summed E-state index contributed by atoms with van der Waals surface area (Å²) in [5.74, 6) is 0. The van der Waals surface area contributed by atoms with Crippen LogP contribution >= 0.6 is 11.6 Å². The maximum absolute atomic E-state index is 12.1. The second-order valence-electron chi connectivity index (χ2n) is 5.68. The van der Waals surface area contributed by atoms with Crippen molar-refractivity contribution >= 4 is 31.0 Å². The van der Waals surface area contributed by atoms with Gasteiger partial charge in [0.1, 0.15) is 0 Å². The molecule has 3 atom stereocenters. The third-order valence-electron chi connectivity index (χ3n) is 3.94. The molecule has 2 aromatic rings. The number of H-pyrrole nitrogens is 1. The van der Waals surface area contributed by atoms with E-state index in [-0.39, 0.29) is 28.0 Å². The van der Waals surface area contributed by atoms with Gasteiger partial charge >= 0.3 is 154 Å². The number of nitrogens with zero attached hydrogens (tertiary/aromatic N) is 1. The van der Waals surface area contributed by atoms with Gasteiger partial charge in [-0.05, 0) is 0 Å². The van der Waals surface area contributed by atoms with Gasteiger partial charge in [-0.3, -0.25) is 0 Å². The van der Waals surface area contributed by atoms with Gasteiger partial charge in [0, 0.05) is 0 Å². The molecule has 1 fully saturated rings. The molecule has 2 heterocycles. The van der Waals surface area contributed by atoms with Crippen LogP contribution in [0.15, 0.2) is 40.1 Å². The van der Waals surface area contributed by atoms with E-state index in [1.807, 2.05) is 12.1 Å². The minimum atomic E-state index is -0.851. The number of benzene rings is 1. The molecule has 25 heavy (non-hydrogen) atoms. The Hall–Kier alpha value is -1.41. The Balaban J connectivity index is 1.80. The molecule has 0 bridgehead atoms. The van der Waals surface area contributed by atoms with Crippen molar-refractivity contribution < 1.29 is 14.9 Å². The molecule has 1 unspecified atom stereocenters. The molecule has 1 saturated heterocycles. The minimum absolute atomic E-state index is 0.00347. The Morgan fingerprint density at radius 3 is 2.68 bits per heavy atom. The number of aliphatic hydroxyl groups excluding tert-OH is 2. The summed E-state index contributed by atoms with van der Waals surface area (Å²) in [5.41, 5.74) is -0.544. The average molecular weight is 432 g/mol. The number of ether oxygens (including phenoxy) is 1. The number of hydrogen-bond acceptors (Lipinski definition) is 5. The molecule has 7 nitrogen and oxygen atoms in total. The van der Waals surface area contributed by atoms with Gasteiger partial charge in [0.15, 0.2) is 0 Å². The third kappa shape index (κ3) is 4.23. The van der Waals surface area contributed by atoms with Gasteiger partial charge in [0.2, 0.25) is 0 Å². The van der Waals surface area contributed by atoms with Gasteiger partial charge in [0.05, 0.1) is 0 Å². The quantitative estimate of drug-likeness (QED) is 0.546. The summed E-state index contributed by atoms with van der Waals surface area (Å²) >= 11 is 5.87. The molecule has 1 aromatic carbocycles. The molecule has 9 heteroatoms. The zero-order chi connectivity index (χ0) is 18.0. The molecule has 1 aliphatic heterocycles. The molecule has 134 valence electrons. The van der Waals surface area contributed by atoms with Gasteiger partial charge < -0.3 is 0 Å². The first-order valence-electron chi connectivity index (χ1n) is 7.65. The van der Waals surface area contributed by atoms with Crippen LogP contribution in [0.25, 0.3) is 0 Å². The maximum atomic E-state index is 12.1. The van der Waals surface area contributed by atoms with Crippen molar-refractivity contribution in [3.63, 3.8) is 0 Å². The van der Waals surface area contributed by atoms with Crippen LogP contribution in [0.4, 0.5) is 0 Å². The molecule has 1 aliphatic rings. The molecule has 0 saturated carbocycles. The van der Waals surface area contributed by atoms with Crippen LogP contribution in [0.5, 0.6) is 0 Å². The monoisotopic (exact) mass is 432 g/mol. The van der Waals surface area contributed by atoms with Crippen LogP contribution < -0.4 is 15.7 Å². The summed E-state index contributed by atoms with van der Waals surface area (Å²) in [7, 11) is 0. The van der Waals surface area contributed by atoms with Crippen molar-refractivity contribution in [2.45, 2.75) is 30.2 Å². The second-order valence-corrected chi connectivity index (χ2v) is 8.32. The number of aromatic amines is 1. The first-order chi connectivity index (χ1) is 12.0. The van der Waals surface area contributed by atoms with Crippen LogP contribution in [-0.4, -0.2) is 53.5 Å². The molecule has 3 rings (SSSR count). The average Bonchev–Trinajstić information content (AvgIpc) is 2.96. The number of halogens is 1. The van der Waals surface area contributed by atoms with Crippen LogP contribution in [-0.2, 0) is 10.1 Å². The van der Waals surface area contributed by atoms with E-state index in [1.54, 1.807) is 12.1 Å². The fraction of sp³-hybridized carbons (Fsp3) is 0.375. The van der Waals surface area contributed by atoms with Gasteiger partial charge in [-0.2, -0.15) is 0 Å². The molecule has 0 spiro atoms. The Labute approximate surface area is 154 Å². The Bertz CT molecular complexity index is 851. The molecule has 3 N–H and O–H groups in total. The SMILES string of the molecule is O=c1[nH]c(=O)n([C@H]2CC(O)[C@@H](CO)O2)cc1C[Se]c1ccc(Cl)cc1. The Morgan fingerprint density at radius 1 is 1.32 bits per heavy atom. The van der Waals surface area contributed by atoms with Gasteiger partial charge in [-0.15, -0.1) is 0 Å². The van der Waals surface area contributed by atoms with E-state index in [9.17, 15) is 14.7 Å². The molecule has 0 aliphatic carbocycles. The summed E-state index contributed by atoms with van der Waals surface area (Å²) in [6.45, 7) is -0.331.